The molecule has 9 heteroatoms. The Morgan fingerprint density at radius 1 is 1.34 bits per heavy atom. The maximum atomic E-state index is 12.7. The van der Waals surface area contributed by atoms with E-state index in [1.165, 1.54) is 6.07 Å². The van der Waals surface area contributed by atoms with E-state index in [2.05, 4.69) is 5.32 Å². The molecule has 1 heterocycles. The number of anilines is 2. The van der Waals surface area contributed by atoms with E-state index in [0.29, 0.717) is 34.5 Å². The summed E-state index contributed by atoms with van der Waals surface area (Å²) in [6.45, 7) is 3.84. The van der Waals surface area contributed by atoms with Gasteiger partial charge < -0.3 is 14.8 Å². The van der Waals surface area contributed by atoms with Crippen molar-refractivity contribution in [3.8, 4) is 11.5 Å². The first kappa shape index (κ1) is 21.3. The highest BCUT2D eigenvalue weighted by molar-refractivity contribution is 7.92. The number of nitrogens with one attached hydrogen (secondary N) is 1. The molecule has 1 aliphatic heterocycles. The average molecular weight is 439 g/mol. The van der Waals surface area contributed by atoms with Crippen LogP contribution in [0, 0.1) is 0 Å². The summed E-state index contributed by atoms with van der Waals surface area (Å²) in [5.41, 5.74) is 1.76. The van der Waals surface area contributed by atoms with E-state index < -0.39 is 22.5 Å². The number of rotatable bonds is 7. The predicted octanol–water partition coefficient (Wildman–Crippen LogP) is 3.47. The summed E-state index contributed by atoms with van der Waals surface area (Å²) >= 11 is 5.97. The molecule has 1 aliphatic rings. The molecule has 0 saturated carbocycles. The monoisotopic (exact) mass is 438 g/mol. The van der Waals surface area contributed by atoms with Crippen LogP contribution in [0.15, 0.2) is 36.4 Å². The summed E-state index contributed by atoms with van der Waals surface area (Å²) in [6.07, 6.45) is 1.85. The van der Waals surface area contributed by atoms with E-state index >= 15 is 0 Å². The number of benzene rings is 2. The summed E-state index contributed by atoms with van der Waals surface area (Å²) in [5, 5.41) is 3.12. The molecule has 0 aromatic heterocycles. The Labute approximate surface area is 175 Å². The van der Waals surface area contributed by atoms with Crippen LogP contribution in [-0.4, -0.2) is 39.8 Å². The highest BCUT2D eigenvalue weighted by Gasteiger charge is 2.25. The van der Waals surface area contributed by atoms with Crippen LogP contribution in [0.5, 0.6) is 11.5 Å². The predicted molar refractivity (Wildman–Crippen MR) is 114 cm³/mol. The van der Waals surface area contributed by atoms with Gasteiger partial charge in [0.15, 0.2) is 0 Å². The fraction of sp³-hybridized carbons (Fsp3) is 0.350. The molecule has 0 radical (unpaired) electrons. The standard InChI is InChI=1S/C20H23ClN2O5S/c1-4-27-19-9-14-8-13(2)28-18(14)11-17(19)22-20(24)12-23(29(3,25)26)16-7-5-6-15(21)10-16/h5-7,9-11,13H,4,8,12H2,1-3H3,(H,22,24)/t13-/m1/s1. The Morgan fingerprint density at radius 2 is 2.10 bits per heavy atom. The van der Waals surface area contributed by atoms with Gasteiger partial charge in [0.25, 0.3) is 0 Å². The molecule has 29 heavy (non-hydrogen) atoms. The van der Waals surface area contributed by atoms with Crippen LogP contribution < -0.4 is 19.1 Å². The zero-order chi connectivity index (χ0) is 21.2. The average Bonchev–Trinajstić information content (AvgIpc) is 2.98. The Kier molecular flexibility index (Phi) is 6.24. The van der Waals surface area contributed by atoms with E-state index in [1.54, 1.807) is 24.3 Å². The fourth-order valence-corrected chi connectivity index (χ4v) is 4.20. The lowest BCUT2D eigenvalue weighted by atomic mass is 10.1. The van der Waals surface area contributed by atoms with Gasteiger partial charge >= 0.3 is 0 Å². The third kappa shape index (κ3) is 5.13. The van der Waals surface area contributed by atoms with Crippen molar-refractivity contribution in [1.82, 2.24) is 0 Å². The van der Waals surface area contributed by atoms with Crippen LogP contribution >= 0.6 is 11.6 Å². The number of carbonyl (C=O) groups excluding carboxylic acids is 1. The van der Waals surface area contributed by atoms with E-state index in [0.717, 1.165) is 22.5 Å². The molecule has 0 spiro atoms. The van der Waals surface area contributed by atoms with Crippen molar-refractivity contribution in [2.75, 3.05) is 29.0 Å². The second-order valence-electron chi connectivity index (χ2n) is 6.82. The van der Waals surface area contributed by atoms with Crippen molar-refractivity contribution >= 4 is 38.9 Å². The first-order valence-electron chi connectivity index (χ1n) is 9.17. The molecule has 1 atom stereocenters. The maximum absolute atomic E-state index is 12.7. The lowest BCUT2D eigenvalue weighted by Gasteiger charge is -2.22. The van der Waals surface area contributed by atoms with Crippen molar-refractivity contribution < 1.29 is 22.7 Å². The van der Waals surface area contributed by atoms with Crippen molar-refractivity contribution in [2.24, 2.45) is 0 Å². The molecule has 7 nitrogen and oxygen atoms in total. The molecule has 0 bridgehead atoms. The second kappa shape index (κ2) is 8.51. The van der Waals surface area contributed by atoms with Gasteiger partial charge in [-0.05, 0) is 38.1 Å². The number of carbonyl (C=O) groups is 1. The molecule has 2 aromatic carbocycles. The molecule has 2 aromatic rings. The number of ether oxygens (including phenoxy) is 2. The fourth-order valence-electron chi connectivity index (χ4n) is 3.16. The van der Waals surface area contributed by atoms with E-state index in [-0.39, 0.29) is 6.10 Å². The third-order valence-electron chi connectivity index (χ3n) is 4.36. The summed E-state index contributed by atoms with van der Waals surface area (Å²) in [4.78, 5) is 12.7. The summed E-state index contributed by atoms with van der Waals surface area (Å²) in [6, 6.07) is 9.89. The first-order valence-corrected chi connectivity index (χ1v) is 11.4. The van der Waals surface area contributed by atoms with Gasteiger partial charge in [-0.1, -0.05) is 17.7 Å². The second-order valence-corrected chi connectivity index (χ2v) is 9.16. The Morgan fingerprint density at radius 3 is 2.76 bits per heavy atom. The highest BCUT2D eigenvalue weighted by Crippen LogP contribution is 2.38. The quantitative estimate of drug-likeness (QED) is 0.715. The number of amides is 1. The molecule has 1 N–H and O–H groups in total. The minimum atomic E-state index is -3.70. The molecular formula is C20H23ClN2O5S. The van der Waals surface area contributed by atoms with Crippen molar-refractivity contribution in [3.05, 3.63) is 47.0 Å². The third-order valence-corrected chi connectivity index (χ3v) is 5.73. The van der Waals surface area contributed by atoms with Gasteiger partial charge in [-0.25, -0.2) is 8.42 Å². The van der Waals surface area contributed by atoms with Crippen molar-refractivity contribution in [3.63, 3.8) is 0 Å². The summed E-state index contributed by atoms with van der Waals surface area (Å²) in [5.74, 6) is 0.694. The van der Waals surface area contributed by atoms with Gasteiger partial charge in [0.05, 0.1) is 24.2 Å². The van der Waals surface area contributed by atoms with Gasteiger partial charge in [-0.15, -0.1) is 0 Å². The van der Waals surface area contributed by atoms with Gasteiger partial charge in [-0.3, -0.25) is 9.10 Å². The first-order chi connectivity index (χ1) is 13.7. The number of hydrogen-bond donors (Lipinski definition) is 1. The molecule has 156 valence electrons. The van der Waals surface area contributed by atoms with Crippen LogP contribution in [0.1, 0.15) is 19.4 Å². The molecule has 1 amide bonds. The van der Waals surface area contributed by atoms with E-state index in [9.17, 15) is 13.2 Å². The maximum Gasteiger partial charge on any atom is 0.245 e. The number of fused-ring (bicyclic) bond motifs is 1. The van der Waals surface area contributed by atoms with Gasteiger partial charge in [0, 0.05) is 23.1 Å². The van der Waals surface area contributed by atoms with Crippen molar-refractivity contribution in [1.29, 1.82) is 0 Å². The number of halogens is 1. The minimum Gasteiger partial charge on any atom is -0.492 e. The molecular weight excluding hydrogens is 416 g/mol. The topological polar surface area (TPSA) is 84.9 Å². The molecule has 3 rings (SSSR count). The highest BCUT2D eigenvalue weighted by atomic mass is 35.5. The Hall–Kier alpha value is -2.45. The Balaban J connectivity index is 1.84. The largest absolute Gasteiger partial charge is 0.492 e. The summed E-state index contributed by atoms with van der Waals surface area (Å²) in [7, 11) is -3.70. The number of hydrogen-bond acceptors (Lipinski definition) is 5. The van der Waals surface area contributed by atoms with Crippen LogP contribution in [0.3, 0.4) is 0 Å². The SMILES string of the molecule is CCOc1cc2c(cc1NC(=O)CN(c1cccc(Cl)c1)S(C)(=O)=O)O[C@H](C)C2. The minimum absolute atomic E-state index is 0.0500. The zero-order valence-corrected chi connectivity index (χ0v) is 18.0. The lowest BCUT2D eigenvalue weighted by molar-refractivity contribution is -0.114. The van der Waals surface area contributed by atoms with E-state index in [4.69, 9.17) is 21.1 Å². The van der Waals surface area contributed by atoms with Crippen LogP contribution in [0.2, 0.25) is 5.02 Å². The van der Waals surface area contributed by atoms with Gasteiger partial charge in [0.1, 0.15) is 24.1 Å². The zero-order valence-electron chi connectivity index (χ0n) is 16.4. The van der Waals surface area contributed by atoms with Gasteiger partial charge in [0.2, 0.25) is 15.9 Å². The normalized spacial score (nSPS) is 15.4. The van der Waals surface area contributed by atoms with Crippen LogP contribution in [0.25, 0.3) is 0 Å². The molecule has 0 saturated heterocycles. The summed E-state index contributed by atoms with van der Waals surface area (Å²) < 4.78 is 36.9. The lowest BCUT2D eigenvalue weighted by Crippen LogP contribution is -2.37. The number of nitrogens with zero attached hydrogens (tertiary/aromatic N) is 1. The van der Waals surface area contributed by atoms with Crippen molar-refractivity contribution in [2.45, 2.75) is 26.4 Å². The van der Waals surface area contributed by atoms with Gasteiger partial charge in [-0.2, -0.15) is 0 Å². The van der Waals surface area contributed by atoms with E-state index in [1.807, 2.05) is 19.9 Å². The Bertz CT molecular complexity index is 1030. The van der Waals surface area contributed by atoms with Crippen LogP contribution in [0.4, 0.5) is 11.4 Å². The van der Waals surface area contributed by atoms with Crippen LogP contribution in [-0.2, 0) is 21.2 Å². The molecule has 0 aliphatic carbocycles. The number of sulfonamides is 1. The molecule has 0 unspecified atom stereocenters. The smallest absolute Gasteiger partial charge is 0.245 e. The molecule has 0 fully saturated rings.